The molecule has 2 rings (SSSR count). The molecular formula is C14H17FN4O. The number of anilines is 1. The lowest BCUT2D eigenvalue weighted by Crippen LogP contribution is -2.28. The van der Waals surface area contributed by atoms with Gasteiger partial charge in [0.1, 0.15) is 5.82 Å². The maximum atomic E-state index is 13.0. The number of nitrogens with one attached hydrogen (secondary N) is 2. The molecule has 106 valence electrons. The summed E-state index contributed by atoms with van der Waals surface area (Å²) in [5.74, 6) is -0.387. The van der Waals surface area contributed by atoms with E-state index >= 15 is 0 Å². The third-order valence-electron chi connectivity index (χ3n) is 3.17. The van der Waals surface area contributed by atoms with Crippen LogP contribution in [0, 0.1) is 19.7 Å². The standard InChI is InChI=1S/C14H17FN4O/c1-9-13(10(2)19(3)18-9)8-16-14(20)17-12-6-4-5-11(15)7-12/h4-7H,8H2,1-3H3,(H2,16,17,20). The van der Waals surface area contributed by atoms with Crippen LogP contribution >= 0.6 is 0 Å². The van der Waals surface area contributed by atoms with E-state index in [4.69, 9.17) is 0 Å². The smallest absolute Gasteiger partial charge is 0.319 e. The first-order valence-corrected chi connectivity index (χ1v) is 6.27. The number of amides is 2. The van der Waals surface area contributed by atoms with Crippen LogP contribution in [-0.4, -0.2) is 15.8 Å². The number of halogens is 1. The van der Waals surface area contributed by atoms with Crippen molar-refractivity contribution in [2.45, 2.75) is 20.4 Å². The number of carbonyl (C=O) groups is 1. The molecule has 0 radical (unpaired) electrons. The Morgan fingerprint density at radius 3 is 2.75 bits per heavy atom. The maximum absolute atomic E-state index is 13.0. The Morgan fingerprint density at radius 1 is 1.40 bits per heavy atom. The predicted molar refractivity (Wildman–Crippen MR) is 74.9 cm³/mol. The van der Waals surface area contributed by atoms with Gasteiger partial charge in [0.2, 0.25) is 0 Å². The summed E-state index contributed by atoms with van der Waals surface area (Å²) in [4.78, 5) is 11.8. The lowest BCUT2D eigenvalue weighted by molar-refractivity contribution is 0.251. The van der Waals surface area contributed by atoms with E-state index in [-0.39, 0.29) is 11.8 Å². The van der Waals surface area contributed by atoms with Crippen molar-refractivity contribution in [3.63, 3.8) is 0 Å². The normalized spacial score (nSPS) is 10.4. The second kappa shape index (κ2) is 5.73. The predicted octanol–water partition coefficient (Wildman–Crippen LogP) is 2.50. The van der Waals surface area contributed by atoms with Gasteiger partial charge >= 0.3 is 6.03 Å². The number of urea groups is 1. The molecule has 0 saturated carbocycles. The molecule has 0 aliphatic heterocycles. The molecule has 0 bridgehead atoms. The Labute approximate surface area is 116 Å². The quantitative estimate of drug-likeness (QED) is 0.905. The molecule has 2 aromatic rings. The van der Waals surface area contributed by atoms with Gasteiger partial charge in [-0.2, -0.15) is 5.10 Å². The molecule has 1 aromatic heterocycles. The fourth-order valence-electron chi connectivity index (χ4n) is 1.98. The van der Waals surface area contributed by atoms with Crippen molar-refractivity contribution in [3.05, 3.63) is 47.0 Å². The van der Waals surface area contributed by atoms with Crippen LogP contribution in [0.5, 0.6) is 0 Å². The average Bonchev–Trinajstić information content (AvgIpc) is 2.61. The minimum atomic E-state index is -0.387. The van der Waals surface area contributed by atoms with Gasteiger partial charge in [0.25, 0.3) is 0 Å². The van der Waals surface area contributed by atoms with E-state index in [0.29, 0.717) is 12.2 Å². The molecule has 0 atom stereocenters. The number of hydrogen-bond acceptors (Lipinski definition) is 2. The largest absolute Gasteiger partial charge is 0.334 e. The van der Waals surface area contributed by atoms with Crippen molar-refractivity contribution < 1.29 is 9.18 Å². The van der Waals surface area contributed by atoms with Crippen LogP contribution in [-0.2, 0) is 13.6 Å². The first-order chi connectivity index (χ1) is 9.47. The maximum Gasteiger partial charge on any atom is 0.319 e. The van der Waals surface area contributed by atoms with Crippen LogP contribution < -0.4 is 10.6 Å². The summed E-state index contributed by atoms with van der Waals surface area (Å²) in [5, 5.41) is 9.60. The minimum absolute atomic E-state index is 0.377. The highest BCUT2D eigenvalue weighted by Crippen LogP contribution is 2.12. The third-order valence-corrected chi connectivity index (χ3v) is 3.17. The van der Waals surface area contributed by atoms with Gasteiger partial charge in [-0.25, -0.2) is 9.18 Å². The summed E-state index contributed by atoms with van der Waals surface area (Å²) in [7, 11) is 1.86. The summed E-state index contributed by atoms with van der Waals surface area (Å²) in [6, 6.07) is 5.38. The fourth-order valence-corrected chi connectivity index (χ4v) is 1.98. The van der Waals surface area contributed by atoms with Crippen molar-refractivity contribution >= 4 is 11.7 Å². The van der Waals surface area contributed by atoms with Crippen LogP contribution in [0.15, 0.2) is 24.3 Å². The summed E-state index contributed by atoms with van der Waals surface area (Å²) < 4.78 is 14.8. The second-order valence-electron chi connectivity index (χ2n) is 4.59. The topological polar surface area (TPSA) is 59.0 Å². The first-order valence-electron chi connectivity index (χ1n) is 6.27. The number of aromatic nitrogens is 2. The van der Waals surface area contributed by atoms with E-state index < -0.39 is 0 Å². The van der Waals surface area contributed by atoms with E-state index in [0.717, 1.165) is 17.0 Å². The number of aryl methyl sites for hydroxylation is 2. The molecular weight excluding hydrogens is 259 g/mol. The molecule has 0 fully saturated rings. The van der Waals surface area contributed by atoms with Crippen molar-refractivity contribution in [1.82, 2.24) is 15.1 Å². The van der Waals surface area contributed by atoms with Gasteiger partial charge in [-0.3, -0.25) is 4.68 Å². The fraction of sp³-hybridized carbons (Fsp3) is 0.286. The lowest BCUT2D eigenvalue weighted by Gasteiger charge is -2.08. The summed E-state index contributed by atoms with van der Waals surface area (Å²) in [6.45, 7) is 4.22. The van der Waals surface area contributed by atoms with Crippen molar-refractivity contribution in [2.24, 2.45) is 7.05 Å². The zero-order valence-corrected chi connectivity index (χ0v) is 11.7. The number of rotatable bonds is 3. The lowest BCUT2D eigenvalue weighted by atomic mass is 10.2. The Bertz CT molecular complexity index is 636. The van der Waals surface area contributed by atoms with Gasteiger partial charge in [-0.05, 0) is 32.0 Å². The van der Waals surface area contributed by atoms with Gasteiger partial charge in [0.15, 0.2) is 0 Å². The van der Waals surface area contributed by atoms with Crippen LogP contribution in [0.1, 0.15) is 17.0 Å². The minimum Gasteiger partial charge on any atom is -0.334 e. The molecule has 0 saturated heterocycles. The molecule has 0 aliphatic rings. The van der Waals surface area contributed by atoms with Gasteiger partial charge < -0.3 is 10.6 Å². The van der Waals surface area contributed by atoms with E-state index in [1.54, 1.807) is 16.8 Å². The van der Waals surface area contributed by atoms with Gasteiger partial charge in [-0.1, -0.05) is 6.07 Å². The Kier molecular flexibility index (Phi) is 4.02. The van der Waals surface area contributed by atoms with Crippen LogP contribution in [0.25, 0.3) is 0 Å². The van der Waals surface area contributed by atoms with E-state index in [2.05, 4.69) is 15.7 Å². The number of carbonyl (C=O) groups excluding carboxylic acids is 1. The number of benzene rings is 1. The molecule has 0 aliphatic carbocycles. The molecule has 0 unspecified atom stereocenters. The van der Waals surface area contributed by atoms with Gasteiger partial charge in [0.05, 0.1) is 5.69 Å². The average molecular weight is 276 g/mol. The van der Waals surface area contributed by atoms with Crippen molar-refractivity contribution in [2.75, 3.05) is 5.32 Å². The first kappa shape index (κ1) is 14.0. The highest BCUT2D eigenvalue weighted by molar-refractivity contribution is 5.89. The van der Waals surface area contributed by atoms with E-state index in [1.165, 1.54) is 12.1 Å². The number of hydrogen-bond donors (Lipinski definition) is 2. The van der Waals surface area contributed by atoms with Crippen LogP contribution in [0.2, 0.25) is 0 Å². The molecule has 0 spiro atoms. The van der Waals surface area contributed by atoms with E-state index in [9.17, 15) is 9.18 Å². The van der Waals surface area contributed by atoms with Crippen LogP contribution in [0.4, 0.5) is 14.9 Å². The summed E-state index contributed by atoms with van der Waals surface area (Å²) in [5.41, 5.74) is 3.30. The van der Waals surface area contributed by atoms with Crippen molar-refractivity contribution in [1.29, 1.82) is 0 Å². The Balaban J connectivity index is 1.96. The highest BCUT2D eigenvalue weighted by atomic mass is 19.1. The molecule has 2 N–H and O–H groups in total. The molecule has 5 nitrogen and oxygen atoms in total. The summed E-state index contributed by atoms with van der Waals surface area (Å²) in [6.07, 6.45) is 0. The second-order valence-corrected chi connectivity index (χ2v) is 4.59. The number of nitrogens with zero attached hydrogens (tertiary/aromatic N) is 2. The van der Waals surface area contributed by atoms with Gasteiger partial charge in [0, 0.05) is 30.5 Å². The monoisotopic (exact) mass is 276 g/mol. The summed E-state index contributed by atoms with van der Waals surface area (Å²) >= 11 is 0. The van der Waals surface area contributed by atoms with Crippen molar-refractivity contribution in [3.8, 4) is 0 Å². The molecule has 6 heteroatoms. The van der Waals surface area contributed by atoms with Gasteiger partial charge in [-0.15, -0.1) is 0 Å². The Morgan fingerprint density at radius 2 is 2.15 bits per heavy atom. The zero-order chi connectivity index (χ0) is 14.7. The highest BCUT2D eigenvalue weighted by Gasteiger charge is 2.10. The molecule has 1 heterocycles. The SMILES string of the molecule is Cc1nn(C)c(C)c1CNC(=O)Nc1cccc(F)c1. The zero-order valence-electron chi connectivity index (χ0n) is 11.7. The molecule has 2 amide bonds. The third kappa shape index (κ3) is 3.14. The molecule has 20 heavy (non-hydrogen) atoms. The van der Waals surface area contributed by atoms with Crippen LogP contribution in [0.3, 0.4) is 0 Å². The van der Waals surface area contributed by atoms with E-state index in [1.807, 2.05) is 20.9 Å². The Hall–Kier alpha value is -2.37. The molecule has 1 aromatic carbocycles.